The summed E-state index contributed by atoms with van der Waals surface area (Å²) in [5, 5.41) is 8.62. The molecule has 0 radical (unpaired) electrons. The van der Waals surface area contributed by atoms with Crippen molar-refractivity contribution in [3.8, 4) is 22.8 Å². The predicted octanol–water partition coefficient (Wildman–Crippen LogP) is 4.16. The van der Waals surface area contributed by atoms with Gasteiger partial charge in [0.2, 0.25) is 5.82 Å². The molecule has 0 fully saturated rings. The molecule has 6 heteroatoms. The lowest BCUT2D eigenvalue weighted by molar-refractivity contribution is 0.432. The second-order valence-electron chi connectivity index (χ2n) is 6.72. The Hall–Kier alpha value is -3.41. The van der Waals surface area contributed by atoms with E-state index in [4.69, 9.17) is 10.3 Å². The van der Waals surface area contributed by atoms with E-state index in [1.165, 1.54) is 0 Å². The Labute approximate surface area is 157 Å². The van der Waals surface area contributed by atoms with E-state index in [1.54, 1.807) is 0 Å². The second kappa shape index (κ2) is 6.72. The summed E-state index contributed by atoms with van der Waals surface area (Å²) in [6.07, 6.45) is 0. The molecule has 0 aliphatic heterocycles. The third-order valence-electron chi connectivity index (χ3n) is 4.68. The van der Waals surface area contributed by atoms with Crippen molar-refractivity contribution in [2.45, 2.75) is 27.3 Å². The first-order valence-corrected chi connectivity index (χ1v) is 8.81. The largest absolute Gasteiger partial charge is 0.398 e. The molecule has 136 valence electrons. The molecular weight excluding hydrogens is 338 g/mol. The minimum absolute atomic E-state index is 0.490. The van der Waals surface area contributed by atoms with Crippen LogP contribution in [-0.4, -0.2) is 19.9 Å². The molecule has 0 saturated carbocycles. The predicted molar refractivity (Wildman–Crippen MR) is 105 cm³/mol. The molecule has 2 aromatic carbocycles. The van der Waals surface area contributed by atoms with Crippen LogP contribution in [0.15, 0.2) is 53.1 Å². The Morgan fingerprint density at radius 2 is 1.81 bits per heavy atom. The molecule has 27 heavy (non-hydrogen) atoms. The monoisotopic (exact) mass is 359 g/mol. The third-order valence-corrected chi connectivity index (χ3v) is 4.68. The number of hydrogen-bond donors (Lipinski definition) is 1. The normalized spacial score (nSPS) is 11.1. The summed E-state index contributed by atoms with van der Waals surface area (Å²) < 4.78 is 7.46. The molecule has 4 aromatic rings. The number of nitrogens with zero attached hydrogens (tertiary/aromatic N) is 4. The van der Waals surface area contributed by atoms with E-state index in [0.29, 0.717) is 17.4 Å². The number of rotatable bonds is 4. The lowest BCUT2D eigenvalue weighted by Crippen LogP contribution is -2.03. The van der Waals surface area contributed by atoms with E-state index >= 15 is 0 Å². The molecule has 2 aromatic heterocycles. The van der Waals surface area contributed by atoms with Gasteiger partial charge in [-0.3, -0.25) is 4.68 Å². The van der Waals surface area contributed by atoms with Crippen molar-refractivity contribution in [3.63, 3.8) is 0 Å². The number of hydrogen-bond acceptors (Lipinski definition) is 5. The van der Waals surface area contributed by atoms with E-state index in [0.717, 1.165) is 40.2 Å². The lowest BCUT2D eigenvalue weighted by atomic mass is 10.1. The Morgan fingerprint density at radius 1 is 1.04 bits per heavy atom. The highest BCUT2D eigenvalue weighted by Crippen LogP contribution is 2.27. The van der Waals surface area contributed by atoms with Crippen molar-refractivity contribution in [2.24, 2.45) is 0 Å². The van der Waals surface area contributed by atoms with Crippen LogP contribution in [0.5, 0.6) is 0 Å². The molecule has 4 rings (SSSR count). The van der Waals surface area contributed by atoms with Crippen LogP contribution < -0.4 is 5.73 Å². The van der Waals surface area contributed by atoms with Gasteiger partial charge in [0.25, 0.3) is 5.89 Å². The zero-order chi connectivity index (χ0) is 19.0. The van der Waals surface area contributed by atoms with Crippen molar-refractivity contribution >= 4 is 5.69 Å². The number of aryl methyl sites for hydroxylation is 2. The smallest absolute Gasteiger partial charge is 0.258 e. The summed E-state index contributed by atoms with van der Waals surface area (Å²) in [6, 6.07) is 15.9. The van der Waals surface area contributed by atoms with Gasteiger partial charge in [-0.15, -0.1) is 0 Å². The zero-order valence-corrected chi connectivity index (χ0v) is 15.6. The van der Waals surface area contributed by atoms with E-state index in [2.05, 4.69) is 40.4 Å². The molecular formula is C21H21N5O. The fourth-order valence-electron chi connectivity index (χ4n) is 3.11. The number of anilines is 1. The highest BCUT2D eigenvalue weighted by molar-refractivity contribution is 5.68. The molecule has 2 N–H and O–H groups in total. The molecule has 6 nitrogen and oxygen atoms in total. The Kier molecular flexibility index (Phi) is 4.24. The maximum Gasteiger partial charge on any atom is 0.258 e. The van der Waals surface area contributed by atoms with Gasteiger partial charge in [-0.1, -0.05) is 29.4 Å². The molecule has 0 saturated heterocycles. The summed E-state index contributed by atoms with van der Waals surface area (Å²) in [6.45, 7) is 6.75. The summed E-state index contributed by atoms with van der Waals surface area (Å²) in [5.74, 6) is 1.03. The molecule has 0 amide bonds. The summed E-state index contributed by atoms with van der Waals surface area (Å²) in [4.78, 5) is 4.53. The summed E-state index contributed by atoms with van der Waals surface area (Å²) >= 11 is 0. The van der Waals surface area contributed by atoms with Gasteiger partial charge in [0.15, 0.2) is 0 Å². The maximum atomic E-state index is 5.97. The van der Waals surface area contributed by atoms with Crippen molar-refractivity contribution in [2.75, 3.05) is 5.73 Å². The topological polar surface area (TPSA) is 82.8 Å². The van der Waals surface area contributed by atoms with Crippen LogP contribution in [-0.2, 0) is 6.54 Å². The fourth-order valence-corrected chi connectivity index (χ4v) is 3.11. The van der Waals surface area contributed by atoms with Crippen molar-refractivity contribution in [1.29, 1.82) is 0 Å². The fraction of sp³-hybridized carbons (Fsp3) is 0.190. The van der Waals surface area contributed by atoms with Crippen molar-refractivity contribution < 1.29 is 4.52 Å². The number of aromatic nitrogens is 4. The van der Waals surface area contributed by atoms with E-state index in [-0.39, 0.29) is 0 Å². The summed E-state index contributed by atoms with van der Waals surface area (Å²) in [7, 11) is 0. The summed E-state index contributed by atoms with van der Waals surface area (Å²) in [5.41, 5.74) is 12.7. The molecule has 0 unspecified atom stereocenters. The first kappa shape index (κ1) is 17.0. The van der Waals surface area contributed by atoms with Gasteiger partial charge in [0.1, 0.15) is 0 Å². The first-order chi connectivity index (χ1) is 13.0. The van der Waals surface area contributed by atoms with E-state index in [1.807, 2.05) is 48.9 Å². The molecule has 2 heterocycles. The minimum atomic E-state index is 0.490. The first-order valence-electron chi connectivity index (χ1n) is 8.81. The molecule has 0 aliphatic carbocycles. The Balaban J connectivity index is 1.57. The second-order valence-corrected chi connectivity index (χ2v) is 6.72. The molecule has 0 spiro atoms. The highest BCUT2D eigenvalue weighted by atomic mass is 16.5. The molecule has 0 atom stereocenters. The van der Waals surface area contributed by atoms with Crippen LogP contribution in [0.3, 0.4) is 0 Å². The Bertz CT molecular complexity index is 1090. The molecule has 0 bridgehead atoms. The van der Waals surface area contributed by atoms with Crippen LogP contribution in [0, 0.1) is 20.8 Å². The third kappa shape index (κ3) is 3.33. The van der Waals surface area contributed by atoms with Gasteiger partial charge in [0, 0.05) is 22.5 Å². The van der Waals surface area contributed by atoms with Gasteiger partial charge in [-0.2, -0.15) is 10.1 Å². The SMILES string of the molecule is Cc1cc(C)n(Cc2ccc(-c3nc(-c4cccc(N)c4C)no3)cc2)n1. The standard InChI is InChI=1S/C21H21N5O/c1-13-11-14(2)26(24-13)12-16-7-9-17(10-8-16)21-23-20(25-27-21)18-5-4-6-19(22)15(18)3/h4-11H,12,22H2,1-3H3. The van der Waals surface area contributed by atoms with Gasteiger partial charge >= 0.3 is 0 Å². The van der Waals surface area contributed by atoms with Gasteiger partial charge in [-0.05, 0) is 56.2 Å². The maximum absolute atomic E-state index is 5.97. The van der Waals surface area contributed by atoms with Crippen molar-refractivity contribution in [3.05, 3.63) is 71.0 Å². The van der Waals surface area contributed by atoms with Crippen LogP contribution in [0.1, 0.15) is 22.5 Å². The van der Waals surface area contributed by atoms with Crippen LogP contribution in [0.4, 0.5) is 5.69 Å². The van der Waals surface area contributed by atoms with E-state index in [9.17, 15) is 0 Å². The number of nitrogens with two attached hydrogens (primary N) is 1. The number of nitrogen functional groups attached to an aromatic ring is 1. The quantitative estimate of drug-likeness (QED) is 0.553. The van der Waals surface area contributed by atoms with Gasteiger partial charge in [-0.25, -0.2) is 0 Å². The average Bonchev–Trinajstić information content (AvgIpc) is 3.25. The molecule has 0 aliphatic rings. The minimum Gasteiger partial charge on any atom is -0.398 e. The number of benzene rings is 2. The highest BCUT2D eigenvalue weighted by Gasteiger charge is 2.13. The van der Waals surface area contributed by atoms with Crippen LogP contribution in [0.25, 0.3) is 22.8 Å². The van der Waals surface area contributed by atoms with Crippen molar-refractivity contribution in [1.82, 2.24) is 19.9 Å². The van der Waals surface area contributed by atoms with Crippen LogP contribution >= 0.6 is 0 Å². The van der Waals surface area contributed by atoms with Crippen LogP contribution in [0.2, 0.25) is 0 Å². The Morgan fingerprint density at radius 3 is 2.52 bits per heavy atom. The zero-order valence-electron chi connectivity index (χ0n) is 15.6. The van der Waals surface area contributed by atoms with Gasteiger partial charge in [0.05, 0.1) is 12.2 Å². The lowest BCUT2D eigenvalue weighted by Gasteiger charge is -2.05. The van der Waals surface area contributed by atoms with E-state index < -0.39 is 0 Å². The average molecular weight is 359 g/mol. The van der Waals surface area contributed by atoms with Gasteiger partial charge < -0.3 is 10.3 Å².